The second-order valence-corrected chi connectivity index (χ2v) is 8.91. The summed E-state index contributed by atoms with van der Waals surface area (Å²) in [7, 11) is 4.08. The second-order valence-electron chi connectivity index (χ2n) is 6.50. The van der Waals surface area contributed by atoms with Crippen molar-refractivity contribution in [2.24, 2.45) is 0 Å². The van der Waals surface area contributed by atoms with Crippen molar-refractivity contribution in [1.82, 2.24) is 9.88 Å². The molecule has 7 heteroatoms. The summed E-state index contributed by atoms with van der Waals surface area (Å²) in [6.07, 6.45) is 1.30. The Balaban J connectivity index is 1.90. The molecule has 0 saturated heterocycles. The van der Waals surface area contributed by atoms with Crippen LogP contribution >= 0.6 is 34.3 Å². The van der Waals surface area contributed by atoms with Gasteiger partial charge >= 0.3 is 0 Å². The highest BCUT2D eigenvalue weighted by molar-refractivity contribution is 7.23. The van der Waals surface area contributed by atoms with Crippen molar-refractivity contribution in [2.45, 2.75) is 19.8 Å². The van der Waals surface area contributed by atoms with Gasteiger partial charge in [-0.2, -0.15) is 0 Å². The first-order valence-corrected chi connectivity index (χ1v) is 10.6. The molecule has 3 rings (SSSR count). The van der Waals surface area contributed by atoms with Gasteiger partial charge in [0.2, 0.25) is 5.91 Å². The number of carbonyl (C=O) groups is 1. The number of fused-ring (bicyclic) bond motifs is 1. The number of anilines is 1. The smallest absolute Gasteiger partial charge is 0.234 e. The number of amides is 1. The Labute approximate surface area is 167 Å². The summed E-state index contributed by atoms with van der Waals surface area (Å²) in [5.74, 6) is 0.0824. The molecule has 0 unspecified atom stereocenters. The number of halogens is 1. The van der Waals surface area contributed by atoms with Crippen LogP contribution in [0.2, 0.25) is 5.02 Å². The maximum absolute atomic E-state index is 13.0. The minimum atomic E-state index is 0.0824. The highest BCUT2D eigenvalue weighted by Crippen LogP contribution is 2.36. The molecule has 0 aliphatic carbocycles. The molecule has 0 spiro atoms. The van der Waals surface area contributed by atoms with E-state index in [0.717, 1.165) is 38.8 Å². The zero-order valence-corrected chi connectivity index (χ0v) is 17.5. The fourth-order valence-corrected chi connectivity index (χ4v) is 4.79. The SMILES string of the molecule is Cc1ccc(Cl)c2sc(N(CCCN(C)C)C(=O)Cc3cccs3)nc12. The molecule has 0 bridgehead atoms. The van der Waals surface area contributed by atoms with Gasteiger partial charge in [-0.25, -0.2) is 4.98 Å². The first-order valence-electron chi connectivity index (χ1n) is 8.49. The standard InChI is InChI=1S/C19H22ClN3OS2/c1-13-7-8-15(20)18-17(13)21-19(26-18)23(10-5-9-22(2)3)16(24)12-14-6-4-11-25-14/h4,6-8,11H,5,9-10,12H2,1-3H3. The largest absolute Gasteiger partial charge is 0.309 e. The molecule has 4 nitrogen and oxygen atoms in total. The molecule has 2 aromatic heterocycles. The van der Waals surface area contributed by atoms with Crippen molar-refractivity contribution >= 4 is 55.5 Å². The topological polar surface area (TPSA) is 36.4 Å². The minimum absolute atomic E-state index is 0.0824. The summed E-state index contributed by atoms with van der Waals surface area (Å²) in [6, 6.07) is 7.84. The van der Waals surface area contributed by atoms with Gasteiger partial charge in [0, 0.05) is 11.4 Å². The van der Waals surface area contributed by atoms with Crippen LogP contribution in [0.25, 0.3) is 10.2 Å². The number of benzene rings is 1. The molecule has 3 aromatic rings. The number of hydrogen-bond acceptors (Lipinski definition) is 5. The third-order valence-corrected chi connectivity index (χ3v) is 6.53. The molecular formula is C19H22ClN3OS2. The van der Waals surface area contributed by atoms with Gasteiger partial charge in [0.15, 0.2) is 5.13 Å². The quantitative estimate of drug-likeness (QED) is 0.561. The fraction of sp³-hybridized carbons (Fsp3) is 0.368. The maximum atomic E-state index is 13.0. The fourth-order valence-electron chi connectivity index (χ4n) is 2.74. The van der Waals surface area contributed by atoms with Gasteiger partial charge in [0.1, 0.15) is 0 Å². The van der Waals surface area contributed by atoms with Crippen LogP contribution in [0.15, 0.2) is 29.6 Å². The number of rotatable bonds is 7. The number of aromatic nitrogens is 1. The van der Waals surface area contributed by atoms with Crippen molar-refractivity contribution in [1.29, 1.82) is 0 Å². The van der Waals surface area contributed by atoms with E-state index < -0.39 is 0 Å². The van der Waals surface area contributed by atoms with Gasteiger partial charge in [0.25, 0.3) is 0 Å². The molecule has 0 saturated carbocycles. The first kappa shape index (κ1) is 19.3. The number of thiazole rings is 1. The van der Waals surface area contributed by atoms with E-state index in [1.54, 1.807) is 11.3 Å². The average Bonchev–Trinajstić information content (AvgIpc) is 3.25. The Morgan fingerprint density at radius 1 is 1.23 bits per heavy atom. The lowest BCUT2D eigenvalue weighted by Crippen LogP contribution is -2.34. The average molecular weight is 408 g/mol. The normalized spacial score (nSPS) is 11.4. The lowest BCUT2D eigenvalue weighted by molar-refractivity contribution is -0.118. The highest BCUT2D eigenvalue weighted by Gasteiger charge is 2.21. The molecular weight excluding hydrogens is 386 g/mol. The van der Waals surface area contributed by atoms with Crippen molar-refractivity contribution in [3.8, 4) is 0 Å². The molecule has 0 atom stereocenters. The van der Waals surface area contributed by atoms with Gasteiger partial charge in [0.05, 0.1) is 21.7 Å². The third kappa shape index (κ3) is 4.43. The lowest BCUT2D eigenvalue weighted by atomic mass is 10.2. The number of aryl methyl sites for hydroxylation is 1. The summed E-state index contributed by atoms with van der Waals surface area (Å²) >= 11 is 9.46. The highest BCUT2D eigenvalue weighted by atomic mass is 35.5. The van der Waals surface area contributed by atoms with Crippen molar-refractivity contribution in [2.75, 3.05) is 32.1 Å². The monoisotopic (exact) mass is 407 g/mol. The van der Waals surface area contributed by atoms with Crippen LogP contribution in [-0.4, -0.2) is 43.0 Å². The Bertz CT molecular complexity index is 851. The van der Waals surface area contributed by atoms with Gasteiger partial charge < -0.3 is 4.90 Å². The van der Waals surface area contributed by atoms with E-state index >= 15 is 0 Å². The number of nitrogens with zero attached hydrogens (tertiary/aromatic N) is 3. The molecule has 0 radical (unpaired) electrons. The molecule has 1 aromatic carbocycles. The second kappa shape index (κ2) is 8.48. The Kier molecular flexibility index (Phi) is 6.29. The lowest BCUT2D eigenvalue weighted by Gasteiger charge is -2.20. The predicted octanol–water partition coefficient (Wildman–Crippen LogP) is 4.85. The van der Waals surface area contributed by atoms with Gasteiger partial charge in [-0.05, 0) is 57.1 Å². The molecule has 0 aliphatic rings. The minimum Gasteiger partial charge on any atom is -0.309 e. The van der Waals surface area contributed by atoms with Gasteiger partial charge in [-0.1, -0.05) is 35.1 Å². The Morgan fingerprint density at radius 3 is 2.69 bits per heavy atom. The zero-order chi connectivity index (χ0) is 18.7. The summed E-state index contributed by atoms with van der Waals surface area (Å²) in [6.45, 7) is 3.60. The Morgan fingerprint density at radius 2 is 2.04 bits per heavy atom. The van der Waals surface area contributed by atoms with Crippen LogP contribution < -0.4 is 4.90 Å². The van der Waals surface area contributed by atoms with E-state index in [2.05, 4.69) is 4.90 Å². The Hall–Kier alpha value is -1.47. The van der Waals surface area contributed by atoms with E-state index in [-0.39, 0.29) is 5.91 Å². The van der Waals surface area contributed by atoms with Crippen LogP contribution in [0.5, 0.6) is 0 Å². The molecule has 0 aliphatic heterocycles. The summed E-state index contributed by atoms with van der Waals surface area (Å²) < 4.78 is 0.947. The zero-order valence-electron chi connectivity index (χ0n) is 15.2. The summed E-state index contributed by atoms with van der Waals surface area (Å²) in [5.41, 5.74) is 1.96. The predicted molar refractivity (Wildman–Crippen MR) is 113 cm³/mol. The number of hydrogen-bond donors (Lipinski definition) is 0. The van der Waals surface area contributed by atoms with E-state index in [4.69, 9.17) is 16.6 Å². The van der Waals surface area contributed by atoms with E-state index in [1.165, 1.54) is 11.3 Å². The molecule has 138 valence electrons. The summed E-state index contributed by atoms with van der Waals surface area (Å²) in [5, 5.41) is 3.42. The van der Waals surface area contributed by atoms with E-state index in [1.807, 2.05) is 55.6 Å². The van der Waals surface area contributed by atoms with Crippen LogP contribution in [-0.2, 0) is 11.2 Å². The van der Waals surface area contributed by atoms with Crippen molar-refractivity contribution in [3.63, 3.8) is 0 Å². The van der Waals surface area contributed by atoms with Gasteiger partial charge in [-0.15, -0.1) is 11.3 Å². The third-order valence-electron chi connectivity index (χ3n) is 4.11. The van der Waals surface area contributed by atoms with Crippen LogP contribution in [0.4, 0.5) is 5.13 Å². The van der Waals surface area contributed by atoms with E-state index in [9.17, 15) is 4.79 Å². The molecule has 2 heterocycles. The molecule has 26 heavy (non-hydrogen) atoms. The number of thiophene rings is 1. The van der Waals surface area contributed by atoms with E-state index in [0.29, 0.717) is 18.0 Å². The molecule has 1 amide bonds. The molecule has 0 N–H and O–H groups in total. The maximum Gasteiger partial charge on any atom is 0.234 e. The van der Waals surface area contributed by atoms with Crippen LogP contribution in [0.1, 0.15) is 16.9 Å². The number of carbonyl (C=O) groups excluding carboxylic acids is 1. The van der Waals surface area contributed by atoms with Crippen LogP contribution in [0.3, 0.4) is 0 Å². The van der Waals surface area contributed by atoms with Gasteiger partial charge in [-0.3, -0.25) is 9.69 Å². The van der Waals surface area contributed by atoms with Crippen molar-refractivity contribution in [3.05, 3.63) is 45.1 Å². The summed E-state index contributed by atoms with van der Waals surface area (Å²) in [4.78, 5) is 22.8. The molecule has 0 fully saturated rings. The first-order chi connectivity index (χ1) is 12.5. The van der Waals surface area contributed by atoms with Crippen LogP contribution in [0, 0.1) is 6.92 Å². The van der Waals surface area contributed by atoms with Crippen molar-refractivity contribution < 1.29 is 4.79 Å².